The summed E-state index contributed by atoms with van der Waals surface area (Å²) in [5.74, 6) is -0.252. The second kappa shape index (κ2) is 11.7. The van der Waals surface area contributed by atoms with Crippen LogP contribution in [0.25, 0.3) is 49.4 Å². The third-order valence-electron chi connectivity index (χ3n) is 10.7. The number of amidine groups is 2. The number of aliphatic imine (C=N–C) groups is 2. The van der Waals surface area contributed by atoms with Gasteiger partial charge in [-0.2, -0.15) is 0 Å². The summed E-state index contributed by atoms with van der Waals surface area (Å²) in [5.41, 5.74) is 6.31. The molecule has 11 heteroatoms. The summed E-state index contributed by atoms with van der Waals surface area (Å²) in [5, 5.41) is 19.9. The zero-order valence-electron chi connectivity index (χ0n) is 26.3. The highest BCUT2D eigenvalue weighted by atomic mass is 32.1. The molecule has 0 atom stereocenters. The molecule has 49 heavy (non-hydrogen) atoms. The summed E-state index contributed by atoms with van der Waals surface area (Å²) in [6, 6.07) is 14.2. The molecule has 0 radical (unpaired) electrons. The van der Waals surface area contributed by atoms with Crippen molar-refractivity contribution in [1.82, 2.24) is 0 Å². The Balaban J connectivity index is 1.18. The summed E-state index contributed by atoms with van der Waals surface area (Å²) in [6.45, 7) is 14.5. The molecule has 4 aliphatic carbocycles. The summed E-state index contributed by atoms with van der Waals surface area (Å²) < 4.78 is 5.64. The molecule has 5 aromatic rings. The largest absolute Gasteiger partial charge is 0.351 e. The van der Waals surface area contributed by atoms with Gasteiger partial charge in [-0.3, -0.25) is 0 Å². The van der Waals surface area contributed by atoms with Crippen molar-refractivity contribution < 1.29 is 0 Å². The molecular formula is C38H26N6S5. The maximum absolute atomic E-state index is 9.33. The van der Waals surface area contributed by atoms with E-state index in [1.807, 2.05) is 58.3 Å². The summed E-state index contributed by atoms with van der Waals surface area (Å²) in [6.07, 6.45) is 14.8. The SMILES string of the molecule is [C-]#[N+]/C(C#N)=N\c1ccc(-c2cc3sc4c5c(sc4c3s2)C2=C(C=C(c3ccc(/N=C(\C#N)[N+]#[C-])s3)C23CCCCC3)C52CCCCC2)s1. The fourth-order valence-electron chi connectivity index (χ4n) is 8.78. The lowest BCUT2D eigenvalue weighted by Crippen LogP contribution is -2.28. The molecule has 2 spiro atoms. The van der Waals surface area contributed by atoms with E-state index < -0.39 is 0 Å². The van der Waals surface area contributed by atoms with Crippen LogP contribution in [0, 0.1) is 41.2 Å². The van der Waals surface area contributed by atoms with E-state index in [0.29, 0.717) is 5.00 Å². The van der Waals surface area contributed by atoms with Crippen LogP contribution in [0.1, 0.15) is 79.5 Å². The molecule has 238 valence electrons. The third-order valence-corrected chi connectivity index (χ3v) is 16.8. The first kappa shape index (κ1) is 30.8. The van der Waals surface area contributed by atoms with Gasteiger partial charge in [-0.05, 0) is 78.3 Å². The Labute approximate surface area is 304 Å². The molecule has 0 aliphatic heterocycles. The zero-order valence-corrected chi connectivity index (χ0v) is 30.3. The number of rotatable bonds is 4. The predicted molar refractivity (Wildman–Crippen MR) is 207 cm³/mol. The normalized spacial score (nSPS) is 19.6. The molecule has 6 nitrogen and oxygen atoms in total. The Morgan fingerprint density at radius 1 is 0.673 bits per heavy atom. The van der Waals surface area contributed by atoms with Crippen molar-refractivity contribution in [3.8, 4) is 21.9 Å². The summed E-state index contributed by atoms with van der Waals surface area (Å²) >= 11 is 9.01. The first-order chi connectivity index (χ1) is 24.0. The molecule has 5 heterocycles. The van der Waals surface area contributed by atoms with Gasteiger partial charge in [0, 0.05) is 35.0 Å². The monoisotopic (exact) mass is 726 g/mol. The molecule has 2 saturated carbocycles. The van der Waals surface area contributed by atoms with Crippen LogP contribution >= 0.6 is 56.7 Å². The number of fused-ring (bicyclic) bond motifs is 9. The standard InChI is InChI=1S/C38H26N6S5/c1-41-27(19-39)43-29-11-9-23(45-29)21-17-22-31(37(21)13-5-3-6-14-37)34-32(38(22)15-7-4-8-16-38)35-36(49-34)33-26(48-35)18-25(47-33)24-10-12-30(46-24)44-28(20-40)42-2/h9-12,17-18H,3-8,13-16H2/b43-27+,44-28-. The minimum absolute atomic E-state index is 0.0127. The summed E-state index contributed by atoms with van der Waals surface area (Å²) in [7, 11) is 0. The molecule has 0 unspecified atom stereocenters. The van der Waals surface area contributed by atoms with Crippen LogP contribution in [0.5, 0.6) is 0 Å². The van der Waals surface area contributed by atoms with Gasteiger partial charge in [-0.1, -0.05) is 90.4 Å². The number of hydrogen-bond donors (Lipinski definition) is 0. The maximum Gasteiger partial charge on any atom is 0.350 e. The van der Waals surface area contributed by atoms with Crippen LogP contribution in [-0.4, -0.2) is 11.7 Å². The molecule has 0 saturated heterocycles. The number of nitrogens with zero attached hydrogens (tertiary/aromatic N) is 6. The Hall–Kier alpha value is -4.20. The van der Waals surface area contributed by atoms with E-state index >= 15 is 0 Å². The van der Waals surface area contributed by atoms with Crippen molar-refractivity contribution >= 4 is 108 Å². The Morgan fingerprint density at radius 2 is 1.29 bits per heavy atom. The van der Waals surface area contributed by atoms with Crippen LogP contribution in [0.2, 0.25) is 0 Å². The lowest BCUT2D eigenvalue weighted by atomic mass is 9.66. The second-order valence-electron chi connectivity index (χ2n) is 13.1. The van der Waals surface area contributed by atoms with Crippen LogP contribution in [0.4, 0.5) is 10.0 Å². The Bertz CT molecular complexity index is 2480. The van der Waals surface area contributed by atoms with Crippen LogP contribution in [0.15, 0.2) is 52.0 Å². The van der Waals surface area contributed by atoms with Gasteiger partial charge in [0.25, 0.3) is 0 Å². The average Bonchev–Trinajstić information content (AvgIpc) is 3.98. The number of thiophene rings is 5. The van der Waals surface area contributed by atoms with Gasteiger partial charge in [0.1, 0.15) is 12.1 Å². The van der Waals surface area contributed by atoms with Gasteiger partial charge < -0.3 is 9.69 Å². The molecule has 0 amide bonds. The molecule has 4 aliphatic rings. The van der Waals surface area contributed by atoms with Crippen molar-refractivity contribution in [2.24, 2.45) is 15.4 Å². The second-order valence-corrected chi connectivity index (χ2v) is 18.3. The minimum atomic E-state index is -0.137. The fraction of sp³-hybridized carbons (Fsp3) is 0.316. The van der Waals surface area contributed by atoms with Gasteiger partial charge in [0.15, 0.2) is 0 Å². The first-order valence-corrected chi connectivity index (χ1v) is 20.5. The van der Waals surface area contributed by atoms with Crippen LogP contribution in [-0.2, 0) is 5.41 Å². The molecule has 5 aromatic heterocycles. The van der Waals surface area contributed by atoms with E-state index in [4.69, 9.17) is 18.4 Å². The number of nitriles is 2. The molecular weight excluding hydrogens is 701 g/mol. The van der Waals surface area contributed by atoms with Gasteiger partial charge in [0.2, 0.25) is 10.0 Å². The first-order valence-electron chi connectivity index (χ1n) is 16.4. The fourth-order valence-corrected chi connectivity index (χ4v) is 15.3. The number of allylic oxidation sites excluding steroid dienone is 4. The third kappa shape index (κ3) is 4.54. The van der Waals surface area contributed by atoms with Crippen molar-refractivity contribution in [2.45, 2.75) is 69.6 Å². The van der Waals surface area contributed by atoms with E-state index in [1.54, 1.807) is 28.0 Å². The molecule has 0 aromatic carbocycles. The van der Waals surface area contributed by atoms with Crippen LogP contribution in [0.3, 0.4) is 0 Å². The predicted octanol–water partition coefficient (Wildman–Crippen LogP) is 12.9. The lowest BCUT2D eigenvalue weighted by Gasteiger charge is -2.38. The van der Waals surface area contributed by atoms with Crippen LogP contribution < -0.4 is 0 Å². The maximum atomic E-state index is 9.33. The van der Waals surface area contributed by atoms with Crippen molar-refractivity contribution in [3.63, 3.8) is 0 Å². The average molecular weight is 727 g/mol. The van der Waals surface area contributed by atoms with E-state index in [9.17, 15) is 5.26 Å². The molecule has 2 fully saturated rings. The Kier molecular flexibility index (Phi) is 7.36. The molecule has 0 bridgehead atoms. The van der Waals surface area contributed by atoms with Gasteiger partial charge in [-0.25, -0.2) is 10.5 Å². The van der Waals surface area contributed by atoms with E-state index in [0.717, 1.165) is 22.7 Å². The lowest BCUT2D eigenvalue weighted by molar-refractivity contribution is 0.348. The highest BCUT2D eigenvalue weighted by Crippen LogP contribution is 2.72. The minimum Gasteiger partial charge on any atom is -0.351 e. The van der Waals surface area contributed by atoms with Crippen molar-refractivity contribution in [2.75, 3.05) is 0 Å². The molecule has 9 rings (SSSR count). The summed E-state index contributed by atoms with van der Waals surface area (Å²) in [4.78, 5) is 20.2. The zero-order chi connectivity index (χ0) is 33.3. The topological polar surface area (TPSA) is 81.0 Å². The van der Waals surface area contributed by atoms with E-state index in [-0.39, 0.29) is 22.5 Å². The van der Waals surface area contributed by atoms with Gasteiger partial charge in [-0.15, -0.1) is 34.0 Å². The van der Waals surface area contributed by atoms with E-state index in [2.05, 4.69) is 43.9 Å². The smallest absolute Gasteiger partial charge is 0.350 e. The highest BCUT2D eigenvalue weighted by molar-refractivity contribution is 7.40. The quantitative estimate of drug-likeness (QED) is 0.105. The van der Waals surface area contributed by atoms with Crippen molar-refractivity contribution in [3.05, 3.63) is 80.1 Å². The van der Waals surface area contributed by atoms with Gasteiger partial charge in [0.05, 0.1) is 14.1 Å². The van der Waals surface area contributed by atoms with E-state index in [1.165, 1.54) is 102 Å². The highest BCUT2D eigenvalue weighted by Gasteiger charge is 2.57. The van der Waals surface area contributed by atoms with Crippen molar-refractivity contribution in [1.29, 1.82) is 10.5 Å². The number of hydrogen-bond acceptors (Lipinski definition) is 9. The van der Waals surface area contributed by atoms with Gasteiger partial charge >= 0.3 is 11.7 Å². The Morgan fingerprint density at radius 3 is 1.92 bits per heavy atom. The molecule has 0 N–H and O–H groups in total.